The Bertz CT molecular complexity index is 410. The number of benzene rings is 1. The van der Waals surface area contributed by atoms with Crippen molar-refractivity contribution in [3.05, 3.63) is 29.3 Å². The lowest BCUT2D eigenvalue weighted by molar-refractivity contribution is -0.122. The van der Waals surface area contributed by atoms with Crippen LogP contribution in [0, 0.1) is 13.8 Å². The highest BCUT2D eigenvalue weighted by molar-refractivity contribution is 5.76. The number of aryl methyl sites for hydroxylation is 2. The SMILES string of the molecule is Cc1cccc(C)c1OCC(C)NC(=O)CC(C)N. The largest absolute Gasteiger partial charge is 0.491 e. The van der Waals surface area contributed by atoms with Crippen molar-refractivity contribution in [2.24, 2.45) is 5.73 Å². The van der Waals surface area contributed by atoms with Gasteiger partial charge in [0.15, 0.2) is 0 Å². The highest BCUT2D eigenvalue weighted by Gasteiger charge is 2.11. The molecule has 0 aliphatic heterocycles. The van der Waals surface area contributed by atoms with Crippen molar-refractivity contribution < 1.29 is 9.53 Å². The van der Waals surface area contributed by atoms with E-state index in [0.29, 0.717) is 13.0 Å². The summed E-state index contributed by atoms with van der Waals surface area (Å²) in [4.78, 5) is 11.6. The Labute approximate surface area is 115 Å². The van der Waals surface area contributed by atoms with Crippen molar-refractivity contribution in [2.75, 3.05) is 6.61 Å². The highest BCUT2D eigenvalue weighted by Crippen LogP contribution is 2.22. The lowest BCUT2D eigenvalue weighted by atomic mass is 10.1. The highest BCUT2D eigenvalue weighted by atomic mass is 16.5. The summed E-state index contributed by atoms with van der Waals surface area (Å²) in [6.45, 7) is 8.23. The third-order valence-electron chi connectivity index (χ3n) is 2.80. The van der Waals surface area contributed by atoms with Gasteiger partial charge in [-0.1, -0.05) is 18.2 Å². The molecule has 1 aromatic rings. The van der Waals surface area contributed by atoms with Gasteiger partial charge in [0.05, 0.1) is 6.04 Å². The zero-order chi connectivity index (χ0) is 14.4. The Morgan fingerprint density at radius 3 is 2.42 bits per heavy atom. The topological polar surface area (TPSA) is 64.3 Å². The number of carbonyl (C=O) groups is 1. The summed E-state index contributed by atoms with van der Waals surface area (Å²) in [5, 5.41) is 2.88. The van der Waals surface area contributed by atoms with Crippen molar-refractivity contribution in [3.63, 3.8) is 0 Å². The molecule has 2 unspecified atom stereocenters. The predicted octanol–water partition coefficient (Wildman–Crippen LogP) is 1.92. The molecule has 0 spiro atoms. The Morgan fingerprint density at radius 2 is 1.89 bits per heavy atom. The van der Waals surface area contributed by atoms with E-state index in [1.54, 1.807) is 0 Å². The minimum absolute atomic E-state index is 0.0346. The van der Waals surface area contributed by atoms with Crippen molar-refractivity contribution in [1.82, 2.24) is 5.32 Å². The fourth-order valence-electron chi connectivity index (χ4n) is 1.90. The number of ether oxygens (including phenoxy) is 1. The van der Waals surface area contributed by atoms with Gasteiger partial charge in [0.1, 0.15) is 12.4 Å². The van der Waals surface area contributed by atoms with Crippen LogP contribution in [0.5, 0.6) is 5.75 Å². The number of hydrogen-bond acceptors (Lipinski definition) is 3. The van der Waals surface area contributed by atoms with Crippen LogP contribution in [0.1, 0.15) is 31.4 Å². The molecule has 0 aliphatic carbocycles. The predicted molar refractivity (Wildman–Crippen MR) is 77.3 cm³/mol. The molecule has 106 valence electrons. The molecule has 0 saturated heterocycles. The zero-order valence-corrected chi connectivity index (χ0v) is 12.2. The van der Waals surface area contributed by atoms with Crippen LogP contribution in [-0.2, 0) is 4.79 Å². The number of para-hydroxylation sites is 1. The lowest BCUT2D eigenvalue weighted by Gasteiger charge is -2.18. The van der Waals surface area contributed by atoms with Crippen LogP contribution in [0.2, 0.25) is 0 Å². The summed E-state index contributed by atoms with van der Waals surface area (Å²) in [6.07, 6.45) is 0.341. The molecule has 4 heteroatoms. The molecule has 0 heterocycles. The molecule has 1 rings (SSSR count). The Hall–Kier alpha value is -1.55. The molecule has 1 amide bonds. The Balaban J connectivity index is 2.46. The standard InChI is InChI=1S/C15H24N2O2/c1-10-6-5-7-11(2)15(10)19-9-13(4)17-14(18)8-12(3)16/h5-7,12-13H,8-9,16H2,1-4H3,(H,17,18). The van der Waals surface area contributed by atoms with Crippen LogP contribution < -0.4 is 15.8 Å². The molecular formula is C15H24N2O2. The van der Waals surface area contributed by atoms with E-state index in [9.17, 15) is 4.79 Å². The first-order valence-corrected chi connectivity index (χ1v) is 6.64. The molecule has 0 fully saturated rings. The minimum atomic E-state index is -0.119. The maximum Gasteiger partial charge on any atom is 0.221 e. The van der Waals surface area contributed by atoms with Gasteiger partial charge in [-0.2, -0.15) is 0 Å². The van der Waals surface area contributed by atoms with Crippen molar-refractivity contribution in [2.45, 2.75) is 46.2 Å². The van der Waals surface area contributed by atoms with E-state index < -0.39 is 0 Å². The molecule has 0 radical (unpaired) electrons. The normalized spacial score (nSPS) is 13.7. The number of nitrogens with one attached hydrogen (secondary N) is 1. The van der Waals surface area contributed by atoms with Gasteiger partial charge in [-0.3, -0.25) is 4.79 Å². The van der Waals surface area contributed by atoms with E-state index in [1.165, 1.54) is 0 Å². The molecule has 1 aromatic carbocycles. The molecule has 3 N–H and O–H groups in total. The molecule has 19 heavy (non-hydrogen) atoms. The Kier molecular flexibility index (Phi) is 5.83. The molecule has 4 nitrogen and oxygen atoms in total. The van der Waals surface area contributed by atoms with Crippen molar-refractivity contribution >= 4 is 5.91 Å². The van der Waals surface area contributed by atoms with Gasteiger partial charge >= 0.3 is 0 Å². The van der Waals surface area contributed by atoms with E-state index in [-0.39, 0.29) is 18.0 Å². The summed E-state index contributed by atoms with van der Waals surface area (Å²) in [5.74, 6) is 0.864. The van der Waals surface area contributed by atoms with E-state index in [0.717, 1.165) is 16.9 Å². The number of carbonyl (C=O) groups excluding carboxylic acids is 1. The van der Waals surface area contributed by atoms with Gasteiger partial charge in [0.2, 0.25) is 5.91 Å². The average Bonchev–Trinajstić information content (AvgIpc) is 2.26. The Morgan fingerprint density at radius 1 is 1.32 bits per heavy atom. The van der Waals surface area contributed by atoms with E-state index in [1.807, 2.05) is 45.9 Å². The third kappa shape index (κ3) is 5.30. The van der Waals surface area contributed by atoms with E-state index in [4.69, 9.17) is 10.5 Å². The van der Waals surface area contributed by atoms with Crippen molar-refractivity contribution in [3.8, 4) is 5.75 Å². The monoisotopic (exact) mass is 264 g/mol. The van der Waals surface area contributed by atoms with E-state index >= 15 is 0 Å². The minimum Gasteiger partial charge on any atom is -0.491 e. The average molecular weight is 264 g/mol. The van der Waals surface area contributed by atoms with Gasteiger partial charge in [0, 0.05) is 12.5 Å². The summed E-state index contributed by atoms with van der Waals surface area (Å²) in [7, 11) is 0. The maximum absolute atomic E-state index is 11.6. The second kappa shape index (κ2) is 7.14. The fraction of sp³-hybridized carbons (Fsp3) is 0.533. The van der Waals surface area contributed by atoms with Crippen LogP contribution >= 0.6 is 0 Å². The van der Waals surface area contributed by atoms with Gasteiger partial charge in [0.25, 0.3) is 0 Å². The molecule has 0 bridgehead atoms. The van der Waals surface area contributed by atoms with Crippen LogP contribution in [0.4, 0.5) is 0 Å². The van der Waals surface area contributed by atoms with Gasteiger partial charge in [-0.15, -0.1) is 0 Å². The first-order valence-electron chi connectivity index (χ1n) is 6.64. The number of hydrogen-bond donors (Lipinski definition) is 2. The van der Waals surface area contributed by atoms with Crippen LogP contribution in [0.25, 0.3) is 0 Å². The summed E-state index contributed by atoms with van der Waals surface area (Å²) >= 11 is 0. The maximum atomic E-state index is 11.6. The first kappa shape index (κ1) is 15.5. The fourth-order valence-corrected chi connectivity index (χ4v) is 1.90. The second-order valence-corrected chi connectivity index (χ2v) is 5.18. The molecule has 0 aliphatic rings. The smallest absolute Gasteiger partial charge is 0.221 e. The zero-order valence-electron chi connectivity index (χ0n) is 12.2. The number of nitrogens with two attached hydrogens (primary N) is 1. The molecule has 0 saturated carbocycles. The third-order valence-corrected chi connectivity index (χ3v) is 2.80. The summed E-state index contributed by atoms with van der Waals surface area (Å²) in [6, 6.07) is 5.88. The first-order chi connectivity index (χ1) is 8.90. The summed E-state index contributed by atoms with van der Waals surface area (Å²) in [5.41, 5.74) is 7.79. The summed E-state index contributed by atoms with van der Waals surface area (Å²) < 4.78 is 5.79. The number of rotatable bonds is 6. The molecule has 2 atom stereocenters. The number of amides is 1. The van der Waals surface area contributed by atoms with Crippen molar-refractivity contribution in [1.29, 1.82) is 0 Å². The van der Waals surface area contributed by atoms with Gasteiger partial charge in [-0.25, -0.2) is 0 Å². The van der Waals surface area contributed by atoms with Crippen LogP contribution in [-0.4, -0.2) is 24.6 Å². The molecular weight excluding hydrogens is 240 g/mol. The quantitative estimate of drug-likeness (QED) is 0.825. The van der Waals surface area contributed by atoms with E-state index in [2.05, 4.69) is 5.32 Å². The lowest BCUT2D eigenvalue weighted by Crippen LogP contribution is -2.39. The second-order valence-electron chi connectivity index (χ2n) is 5.18. The van der Waals surface area contributed by atoms with Gasteiger partial charge in [-0.05, 0) is 38.8 Å². The van der Waals surface area contributed by atoms with Gasteiger partial charge < -0.3 is 15.8 Å². The van der Waals surface area contributed by atoms with Crippen LogP contribution in [0.15, 0.2) is 18.2 Å². The molecule has 0 aromatic heterocycles. The van der Waals surface area contributed by atoms with Crippen LogP contribution in [0.3, 0.4) is 0 Å².